The molecule has 1 aromatic carbocycles. The lowest BCUT2D eigenvalue weighted by molar-refractivity contribution is 0.502. The van der Waals surface area contributed by atoms with Gasteiger partial charge in [-0.25, -0.2) is 4.79 Å². The molecule has 1 heterocycles. The highest BCUT2D eigenvalue weighted by Crippen LogP contribution is 2.18. The monoisotopic (exact) mass is 218 g/mol. The molecule has 0 amide bonds. The molecule has 0 fully saturated rings. The highest BCUT2D eigenvalue weighted by molar-refractivity contribution is 5.81. The third-order valence-corrected chi connectivity index (χ3v) is 2.44. The van der Waals surface area contributed by atoms with Crippen LogP contribution in [0.1, 0.15) is 11.1 Å². The highest BCUT2D eigenvalue weighted by atomic mass is 16.4. The Labute approximate surface area is 93.5 Å². The zero-order valence-electron chi connectivity index (χ0n) is 9.87. The van der Waals surface area contributed by atoms with Crippen molar-refractivity contribution in [3.63, 3.8) is 0 Å². The van der Waals surface area contributed by atoms with E-state index in [-0.39, 0.29) is 5.63 Å². The standard InChI is InChI=1S/C12H14N2O2/c1-7-5-8(2)10-9(6-7)11(15)16-12(13-10)14(3)4/h5-6H,1-4H3. The number of hydrogen-bond donors (Lipinski definition) is 0. The minimum Gasteiger partial charge on any atom is -0.389 e. The molecule has 0 aliphatic heterocycles. The predicted molar refractivity (Wildman–Crippen MR) is 64.1 cm³/mol. The van der Waals surface area contributed by atoms with Gasteiger partial charge in [0.05, 0.1) is 10.9 Å². The molecule has 0 aliphatic carbocycles. The second-order valence-electron chi connectivity index (χ2n) is 4.16. The molecule has 2 aromatic rings. The number of aromatic nitrogens is 1. The molecular weight excluding hydrogens is 204 g/mol. The summed E-state index contributed by atoms with van der Waals surface area (Å²) in [7, 11) is 3.58. The molecule has 84 valence electrons. The van der Waals surface area contributed by atoms with Crippen molar-refractivity contribution < 1.29 is 4.42 Å². The summed E-state index contributed by atoms with van der Waals surface area (Å²) in [4.78, 5) is 17.8. The quantitative estimate of drug-likeness (QED) is 0.733. The molecule has 16 heavy (non-hydrogen) atoms. The Morgan fingerprint density at radius 2 is 1.94 bits per heavy atom. The van der Waals surface area contributed by atoms with E-state index in [1.54, 1.807) is 25.1 Å². The van der Waals surface area contributed by atoms with E-state index < -0.39 is 0 Å². The highest BCUT2D eigenvalue weighted by Gasteiger charge is 2.09. The van der Waals surface area contributed by atoms with Gasteiger partial charge in [0.1, 0.15) is 0 Å². The summed E-state index contributed by atoms with van der Waals surface area (Å²) in [6.45, 7) is 3.90. The first-order chi connectivity index (χ1) is 7.49. The van der Waals surface area contributed by atoms with Crippen molar-refractivity contribution in [2.45, 2.75) is 13.8 Å². The Kier molecular flexibility index (Phi) is 2.42. The summed E-state index contributed by atoms with van der Waals surface area (Å²) < 4.78 is 5.12. The van der Waals surface area contributed by atoms with Gasteiger partial charge in [-0.05, 0) is 31.0 Å². The van der Waals surface area contributed by atoms with Crippen molar-refractivity contribution in [2.24, 2.45) is 0 Å². The minimum absolute atomic E-state index is 0.333. The first-order valence-electron chi connectivity index (χ1n) is 5.08. The number of benzene rings is 1. The molecule has 1 aromatic heterocycles. The van der Waals surface area contributed by atoms with Gasteiger partial charge in [0.2, 0.25) is 0 Å². The molecule has 0 aliphatic rings. The molecule has 4 nitrogen and oxygen atoms in total. The third kappa shape index (κ3) is 1.66. The number of aryl methyl sites for hydroxylation is 2. The van der Waals surface area contributed by atoms with Crippen molar-refractivity contribution in [2.75, 3.05) is 19.0 Å². The fourth-order valence-electron chi connectivity index (χ4n) is 1.71. The van der Waals surface area contributed by atoms with E-state index in [1.807, 2.05) is 19.9 Å². The van der Waals surface area contributed by atoms with Gasteiger partial charge in [0, 0.05) is 14.1 Å². The lowest BCUT2D eigenvalue weighted by atomic mass is 10.1. The molecule has 0 bridgehead atoms. The topological polar surface area (TPSA) is 46.3 Å². The van der Waals surface area contributed by atoms with Gasteiger partial charge >= 0.3 is 5.63 Å². The molecule has 4 heteroatoms. The Hall–Kier alpha value is -1.84. The van der Waals surface area contributed by atoms with Crippen LogP contribution < -0.4 is 10.5 Å². The zero-order chi connectivity index (χ0) is 11.9. The van der Waals surface area contributed by atoms with Gasteiger partial charge in [-0.3, -0.25) is 0 Å². The van der Waals surface area contributed by atoms with E-state index in [2.05, 4.69) is 4.98 Å². The average Bonchev–Trinajstić information content (AvgIpc) is 2.19. The summed E-state index contributed by atoms with van der Waals surface area (Å²) in [6.07, 6.45) is 0. The lowest BCUT2D eigenvalue weighted by Gasteiger charge is -2.10. The average molecular weight is 218 g/mol. The Morgan fingerprint density at radius 3 is 2.56 bits per heavy atom. The number of nitrogens with zero attached hydrogens (tertiary/aromatic N) is 2. The molecule has 0 saturated carbocycles. The van der Waals surface area contributed by atoms with Crippen LogP contribution in [0.4, 0.5) is 6.01 Å². The van der Waals surface area contributed by atoms with Crippen LogP contribution in [0.15, 0.2) is 21.3 Å². The van der Waals surface area contributed by atoms with Crippen LogP contribution >= 0.6 is 0 Å². The zero-order valence-corrected chi connectivity index (χ0v) is 9.87. The van der Waals surface area contributed by atoms with Crippen molar-refractivity contribution in [3.8, 4) is 0 Å². The van der Waals surface area contributed by atoms with E-state index in [1.165, 1.54) is 0 Å². The first kappa shape index (κ1) is 10.7. The Balaban J connectivity index is 2.87. The van der Waals surface area contributed by atoms with E-state index in [4.69, 9.17) is 4.42 Å². The van der Waals surface area contributed by atoms with E-state index >= 15 is 0 Å². The SMILES string of the molecule is Cc1cc(C)c2nc(N(C)C)oc(=O)c2c1. The van der Waals surface area contributed by atoms with Gasteiger partial charge in [0.15, 0.2) is 0 Å². The smallest absolute Gasteiger partial charge is 0.348 e. The molecule has 0 atom stereocenters. The maximum absolute atomic E-state index is 11.8. The van der Waals surface area contributed by atoms with Crippen molar-refractivity contribution in [1.82, 2.24) is 4.98 Å². The summed E-state index contributed by atoms with van der Waals surface area (Å²) in [6, 6.07) is 4.15. The minimum atomic E-state index is -0.333. The fraction of sp³-hybridized carbons (Fsp3) is 0.333. The van der Waals surface area contributed by atoms with Crippen LogP contribution in [0.5, 0.6) is 0 Å². The Bertz CT molecular complexity index is 600. The largest absolute Gasteiger partial charge is 0.389 e. The van der Waals surface area contributed by atoms with Crippen molar-refractivity contribution in [1.29, 1.82) is 0 Å². The van der Waals surface area contributed by atoms with Gasteiger partial charge in [-0.15, -0.1) is 0 Å². The van der Waals surface area contributed by atoms with Crippen LogP contribution in [0, 0.1) is 13.8 Å². The molecule has 0 radical (unpaired) electrons. The van der Waals surface area contributed by atoms with Gasteiger partial charge in [-0.2, -0.15) is 4.98 Å². The molecular formula is C12H14N2O2. The van der Waals surface area contributed by atoms with Crippen LogP contribution in [-0.4, -0.2) is 19.1 Å². The van der Waals surface area contributed by atoms with Crippen molar-refractivity contribution in [3.05, 3.63) is 33.7 Å². The number of anilines is 1. The van der Waals surface area contributed by atoms with Crippen LogP contribution in [-0.2, 0) is 0 Å². The summed E-state index contributed by atoms with van der Waals surface area (Å²) in [5.74, 6) is 0. The number of fused-ring (bicyclic) bond motifs is 1. The second-order valence-corrected chi connectivity index (χ2v) is 4.16. The fourth-order valence-corrected chi connectivity index (χ4v) is 1.71. The first-order valence-corrected chi connectivity index (χ1v) is 5.08. The van der Waals surface area contributed by atoms with Gasteiger partial charge < -0.3 is 9.32 Å². The summed E-state index contributed by atoms with van der Waals surface area (Å²) >= 11 is 0. The van der Waals surface area contributed by atoms with Crippen LogP contribution in [0.2, 0.25) is 0 Å². The maximum Gasteiger partial charge on any atom is 0.348 e. The van der Waals surface area contributed by atoms with E-state index in [9.17, 15) is 4.79 Å². The molecule has 0 N–H and O–H groups in total. The van der Waals surface area contributed by atoms with Crippen LogP contribution in [0.25, 0.3) is 10.9 Å². The van der Waals surface area contributed by atoms with Gasteiger partial charge in [-0.1, -0.05) is 6.07 Å². The lowest BCUT2D eigenvalue weighted by Crippen LogP contribution is -2.15. The third-order valence-electron chi connectivity index (χ3n) is 2.44. The van der Waals surface area contributed by atoms with E-state index in [0.29, 0.717) is 16.9 Å². The van der Waals surface area contributed by atoms with Crippen molar-refractivity contribution >= 4 is 16.9 Å². The molecule has 2 rings (SSSR count). The molecule has 0 unspecified atom stereocenters. The second kappa shape index (κ2) is 3.63. The number of hydrogen-bond acceptors (Lipinski definition) is 4. The maximum atomic E-state index is 11.8. The molecule has 0 saturated heterocycles. The summed E-state index contributed by atoms with van der Waals surface area (Å²) in [5, 5.41) is 0.545. The van der Waals surface area contributed by atoms with Gasteiger partial charge in [0.25, 0.3) is 6.01 Å². The van der Waals surface area contributed by atoms with E-state index in [0.717, 1.165) is 11.1 Å². The normalized spacial score (nSPS) is 10.8. The van der Waals surface area contributed by atoms with Crippen LogP contribution in [0.3, 0.4) is 0 Å². The molecule has 0 spiro atoms. The summed E-state index contributed by atoms with van der Waals surface area (Å²) in [5.41, 5.74) is 2.41. The Morgan fingerprint density at radius 1 is 1.25 bits per heavy atom. The predicted octanol–water partition coefficient (Wildman–Crippen LogP) is 1.87. The number of rotatable bonds is 1.